The zero-order valence-electron chi connectivity index (χ0n) is 70.1. The second kappa shape index (κ2) is 75.7. The van der Waals surface area contributed by atoms with Gasteiger partial charge in [-0.3, -0.25) is 37.3 Å². The monoisotopic (exact) mass is 1550 g/mol. The summed E-state index contributed by atoms with van der Waals surface area (Å²) >= 11 is 0. The number of rotatable bonds is 84. The summed E-state index contributed by atoms with van der Waals surface area (Å²) in [5.41, 5.74) is 0. The molecule has 0 saturated heterocycles. The molecule has 19 heteroatoms. The summed E-state index contributed by atoms with van der Waals surface area (Å²) in [5, 5.41) is 10.7. The summed E-state index contributed by atoms with van der Waals surface area (Å²) in [6.45, 7) is 14.4. The molecule has 0 saturated carbocycles. The van der Waals surface area contributed by atoms with Gasteiger partial charge in [-0.15, -0.1) is 0 Å². The Kier molecular flexibility index (Phi) is 74.3. The molecule has 0 amide bonds. The Morgan fingerprint density at radius 3 is 0.670 bits per heavy atom. The Balaban J connectivity index is 5.27. The van der Waals surface area contributed by atoms with Crippen LogP contribution >= 0.6 is 15.6 Å². The van der Waals surface area contributed by atoms with E-state index in [1.54, 1.807) is 0 Å². The maximum Gasteiger partial charge on any atom is 0.472 e. The third kappa shape index (κ3) is 77.4. The van der Waals surface area contributed by atoms with E-state index in [2.05, 4.69) is 55.4 Å². The minimum atomic E-state index is -4.97. The van der Waals surface area contributed by atoms with Crippen molar-refractivity contribution in [3.05, 3.63) is 0 Å². The molecule has 3 N–H and O–H groups in total. The van der Waals surface area contributed by atoms with E-state index in [0.29, 0.717) is 25.7 Å². The van der Waals surface area contributed by atoms with Crippen LogP contribution in [0.1, 0.15) is 453 Å². The molecule has 0 aromatic heterocycles. The van der Waals surface area contributed by atoms with Gasteiger partial charge in [-0.05, 0) is 49.4 Å². The number of hydrogen-bond donors (Lipinski definition) is 3. The van der Waals surface area contributed by atoms with Gasteiger partial charge in [-0.25, -0.2) is 9.13 Å². The number of phosphoric ester groups is 2. The topological polar surface area (TPSA) is 237 Å². The van der Waals surface area contributed by atoms with Crippen LogP contribution in [0.4, 0.5) is 0 Å². The predicted molar refractivity (Wildman–Crippen MR) is 437 cm³/mol. The van der Waals surface area contributed by atoms with Gasteiger partial charge in [-0.1, -0.05) is 402 Å². The molecule has 0 aliphatic carbocycles. The van der Waals surface area contributed by atoms with Crippen molar-refractivity contribution in [1.82, 2.24) is 0 Å². The summed E-state index contributed by atoms with van der Waals surface area (Å²) in [6, 6.07) is 0. The van der Waals surface area contributed by atoms with Crippen LogP contribution in [-0.4, -0.2) is 96.7 Å². The van der Waals surface area contributed by atoms with E-state index in [1.165, 1.54) is 257 Å². The number of phosphoric acid groups is 2. The van der Waals surface area contributed by atoms with Crippen molar-refractivity contribution in [3.63, 3.8) is 0 Å². The highest BCUT2D eigenvalue weighted by molar-refractivity contribution is 7.47. The Morgan fingerprint density at radius 2 is 0.453 bits per heavy atom. The van der Waals surface area contributed by atoms with Crippen LogP contribution < -0.4 is 0 Å². The highest BCUT2D eigenvalue weighted by Crippen LogP contribution is 2.45. The van der Waals surface area contributed by atoms with Crippen LogP contribution in [0.2, 0.25) is 0 Å². The first-order valence-electron chi connectivity index (χ1n) is 44.8. The second-order valence-electron chi connectivity index (χ2n) is 32.7. The van der Waals surface area contributed by atoms with Crippen LogP contribution in [0.5, 0.6) is 0 Å². The summed E-state index contributed by atoms with van der Waals surface area (Å²) in [5.74, 6) is 1.13. The molecule has 0 rings (SSSR count). The maximum atomic E-state index is 13.2. The molecule has 0 bridgehead atoms. The van der Waals surface area contributed by atoms with Crippen molar-refractivity contribution in [1.29, 1.82) is 0 Å². The molecule has 7 atom stereocenters. The van der Waals surface area contributed by atoms with E-state index in [1.807, 2.05) is 0 Å². The molecule has 0 spiro atoms. The second-order valence-corrected chi connectivity index (χ2v) is 35.6. The number of ether oxygens (including phenoxy) is 4. The van der Waals surface area contributed by atoms with Gasteiger partial charge < -0.3 is 33.8 Å². The Morgan fingerprint density at radius 1 is 0.264 bits per heavy atom. The molecule has 0 radical (unpaired) electrons. The van der Waals surface area contributed by atoms with Crippen molar-refractivity contribution in [3.8, 4) is 0 Å². The van der Waals surface area contributed by atoms with Crippen LogP contribution in [0, 0.1) is 23.7 Å². The molecule has 0 aromatic carbocycles. The number of carbonyl (C=O) groups is 4. The molecule has 630 valence electrons. The summed E-state index contributed by atoms with van der Waals surface area (Å²) in [7, 11) is -9.93. The highest BCUT2D eigenvalue weighted by atomic mass is 31.2. The van der Waals surface area contributed by atoms with E-state index < -0.39 is 97.5 Å². The van der Waals surface area contributed by atoms with Gasteiger partial charge >= 0.3 is 39.5 Å². The predicted octanol–water partition coefficient (Wildman–Crippen LogP) is 26.3. The molecule has 0 fully saturated rings. The third-order valence-corrected chi connectivity index (χ3v) is 22.9. The Hall–Kier alpha value is -1.94. The van der Waals surface area contributed by atoms with Crippen LogP contribution in [0.15, 0.2) is 0 Å². The van der Waals surface area contributed by atoms with Gasteiger partial charge in [0, 0.05) is 25.7 Å². The van der Waals surface area contributed by atoms with Crippen LogP contribution in [0.3, 0.4) is 0 Å². The number of aliphatic hydroxyl groups is 1. The van der Waals surface area contributed by atoms with Gasteiger partial charge in [0.15, 0.2) is 12.2 Å². The van der Waals surface area contributed by atoms with E-state index in [4.69, 9.17) is 37.0 Å². The Bertz CT molecular complexity index is 2060. The van der Waals surface area contributed by atoms with Gasteiger partial charge in [0.05, 0.1) is 26.4 Å². The van der Waals surface area contributed by atoms with E-state index in [0.717, 1.165) is 114 Å². The molecular weight excluding hydrogens is 1380 g/mol. The zero-order chi connectivity index (χ0) is 78.1. The minimum absolute atomic E-state index is 0.107. The molecule has 0 heterocycles. The minimum Gasteiger partial charge on any atom is -0.462 e. The van der Waals surface area contributed by atoms with Crippen molar-refractivity contribution < 1.29 is 80.2 Å². The fourth-order valence-corrected chi connectivity index (χ4v) is 15.0. The molecule has 0 aliphatic rings. The van der Waals surface area contributed by atoms with Crippen molar-refractivity contribution >= 4 is 39.5 Å². The Labute approximate surface area is 651 Å². The van der Waals surface area contributed by atoms with E-state index in [9.17, 15) is 43.2 Å². The number of hydrogen-bond acceptors (Lipinski definition) is 15. The summed E-state index contributed by atoms with van der Waals surface area (Å²) < 4.78 is 69.0. The molecule has 106 heavy (non-hydrogen) atoms. The maximum absolute atomic E-state index is 13.2. The molecule has 0 aromatic rings. The van der Waals surface area contributed by atoms with E-state index >= 15 is 0 Å². The fourth-order valence-electron chi connectivity index (χ4n) is 13.4. The van der Waals surface area contributed by atoms with Gasteiger partial charge in [0.25, 0.3) is 0 Å². The molecule has 0 aliphatic heterocycles. The number of carbonyl (C=O) groups excluding carboxylic acids is 4. The van der Waals surface area contributed by atoms with Crippen molar-refractivity contribution in [2.45, 2.75) is 472 Å². The van der Waals surface area contributed by atoms with Gasteiger partial charge in [0.2, 0.25) is 0 Å². The zero-order valence-corrected chi connectivity index (χ0v) is 71.9. The number of unbranched alkanes of at least 4 members (excludes halogenated alkanes) is 48. The third-order valence-electron chi connectivity index (χ3n) is 21.0. The lowest BCUT2D eigenvalue weighted by atomic mass is 9.99. The average Bonchev–Trinajstić information content (AvgIpc) is 0.900. The highest BCUT2D eigenvalue weighted by Gasteiger charge is 2.31. The lowest BCUT2D eigenvalue weighted by molar-refractivity contribution is -0.161. The fraction of sp³-hybridized carbons (Fsp3) is 0.954. The quantitative estimate of drug-likeness (QED) is 0.0222. The van der Waals surface area contributed by atoms with E-state index in [-0.39, 0.29) is 25.7 Å². The van der Waals surface area contributed by atoms with Gasteiger partial charge in [0.1, 0.15) is 19.3 Å². The largest absolute Gasteiger partial charge is 0.472 e. The first-order chi connectivity index (χ1) is 51.2. The number of esters is 4. The first kappa shape index (κ1) is 104. The standard InChI is InChI=1S/C87H170O17P2/c1-9-79(7)65-57-49-41-33-27-21-16-18-22-28-34-43-51-59-67-84(89)97-73-82(103-86(91)69-61-53-45-35-29-23-14-12-11-13-19-25-31-39-47-55-63-77(3)4)75-101-105(93,94)99-71-81(88)72-100-106(95,96)102-76-83(74-98-85(90)68-60-52-44-38-37-42-50-58-66-80(8)10-2)104-87(92)70-62-54-46-36-30-24-17-15-20-26-32-40-48-56-64-78(5)6/h77-83,88H,9-76H2,1-8H3,(H,93,94)(H,95,96)/t79?,80?,81-,82-,83-/m1/s1. The first-order valence-corrected chi connectivity index (χ1v) is 47.8. The SMILES string of the molecule is CCC(C)CCCCCCCCCCCCCCCCC(=O)OC[C@H](COP(=O)(O)OC[C@@H](O)COP(=O)(O)OC[C@@H](COC(=O)CCCCCCCCCCC(C)CC)OC(=O)CCCCCCCCCCCCCCCCC(C)C)OC(=O)CCCCCCCCCCCCCCCCCCC(C)C. The normalized spacial score (nSPS) is 14.4. The summed E-state index contributed by atoms with van der Waals surface area (Å²) in [6.07, 6.45) is 65.1. The molecule has 17 nitrogen and oxygen atoms in total. The lowest BCUT2D eigenvalue weighted by Crippen LogP contribution is -2.30. The van der Waals surface area contributed by atoms with Crippen molar-refractivity contribution in [2.24, 2.45) is 23.7 Å². The van der Waals surface area contributed by atoms with Gasteiger partial charge in [-0.2, -0.15) is 0 Å². The molecule has 4 unspecified atom stereocenters. The smallest absolute Gasteiger partial charge is 0.462 e. The summed E-state index contributed by atoms with van der Waals surface area (Å²) in [4.78, 5) is 73.3. The average molecular weight is 1550 g/mol. The number of aliphatic hydroxyl groups excluding tert-OH is 1. The van der Waals surface area contributed by atoms with Crippen LogP contribution in [0.25, 0.3) is 0 Å². The lowest BCUT2D eigenvalue weighted by Gasteiger charge is -2.21. The van der Waals surface area contributed by atoms with Crippen molar-refractivity contribution in [2.75, 3.05) is 39.6 Å². The van der Waals surface area contributed by atoms with Crippen LogP contribution in [-0.2, 0) is 65.4 Å². The molecular formula is C87H170O17P2.